The minimum atomic E-state index is -4.42. The highest BCUT2D eigenvalue weighted by Gasteiger charge is 2.30. The molecule has 2 nitrogen and oxygen atoms in total. The molecule has 124 valence electrons. The number of amides is 1. The van der Waals surface area contributed by atoms with Gasteiger partial charge in [0.25, 0.3) is 0 Å². The van der Waals surface area contributed by atoms with Crippen LogP contribution in [0.4, 0.5) is 17.6 Å². The summed E-state index contributed by atoms with van der Waals surface area (Å²) in [5, 5.41) is 2.51. The summed E-state index contributed by atoms with van der Waals surface area (Å²) in [7, 11) is 0. The SMILES string of the molecule is O=C(Cc1cccc(F)c1)NCC#Cc1cccc(C(F)(F)F)c1. The number of hydrogen-bond donors (Lipinski definition) is 1. The third-order valence-corrected chi connectivity index (χ3v) is 3.05. The Bertz CT molecular complexity index is 787. The average Bonchev–Trinajstić information content (AvgIpc) is 2.51. The molecule has 0 aliphatic heterocycles. The van der Waals surface area contributed by atoms with Gasteiger partial charge >= 0.3 is 6.18 Å². The number of halogens is 4. The Morgan fingerprint density at radius 2 is 1.83 bits per heavy atom. The maximum atomic E-state index is 13.0. The second-order valence-corrected chi connectivity index (χ2v) is 4.96. The maximum Gasteiger partial charge on any atom is 0.416 e. The minimum Gasteiger partial charge on any atom is -0.345 e. The van der Waals surface area contributed by atoms with E-state index < -0.39 is 17.6 Å². The highest BCUT2D eigenvalue weighted by Crippen LogP contribution is 2.29. The van der Waals surface area contributed by atoms with Gasteiger partial charge in [-0.05, 0) is 35.9 Å². The van der Waals surface area contributed by atoms with E-state index in [1.54, 1.807) is 6.07 Å². The highest BCUT2D eigenvalue weighted by molar-refractivity contribution is 5.78. The van der Waals surface area contributed by atoms with Gasteiger partial charge in [0, 0.05) is 5.56 Å². The zero-order valence-corrected chi connectivity index (χ0v) is 12.5. The molecule has 0 bridgehead atoms. The van der Waals surface area contributed by atoms with Crippen LogP contribution in [0.15, 0.2) is 48.5 Å². The number of alkyl halides is 3. The highest BCUT2D eigenvalue weighted by atomic mass is 19.4. The Labute approximate surface area is 136 Å². The molecule has 2 aromatic carbocycles. The van der Waals surface area contributed by atoms with Crippen LogP contribution in [0.25, 0.3) is 0 Å². The van der Waals surface area contributed by atoms with E-state index in [2.05, 4.69) is 17.2 Å². The van der Waals surface area contributed by atoms with Crippen LogP contribution in [-0.2, 0) is 17.4 Å². The summed E-state index contributed by atoms with van der Waals surface area (Å²) in [6.07, 6.45) is -4.42. The van der Waals surface area contributed by atoms with Crippen molar-refractivity contribution < 1.29 is 22.4 Å². The van der Waals surface area contributed by atoms with Crippen molar-refractivity contribution in [1.82, 2.24) is 5.32 Å². The number of hydrogen-bond acceptors (Lipinski definition) is 1. The van der Waals surface area contributed by atoms with E-state index in [-0.39, 0.29) is 24.4 Å². The predicted molar refractivity (Wildman–Crippen MR) is 81.4 cm³/mol. The van der Waals surface area contributed by atoms with Gasteiger partial charge in [0.15, 0.2) is 0 Å². The van der Waals surface area contributed by atoms with Gasteiger partial charge in [-0.15, -0.1) is 0 Å². The Hall–Kier alpha value is -2.81. The van der Waals surface area contributed by atoms with Crippen molar-refractivity contribution in [2.75, 3.05) is 6.54 Å². The Morgan fingerprint density at radius 1 is 1.08 bits per heavy atom. The summed E-state index contributed by atoms with van der Waals surface area (Å²) < 4.78 is 50.7. The van der Waals surface area contributed by atoms with E-state index >= 15 is 0 Å². The fourth-order valence-electron chi connectivity index (χ4n) is 1.96. The average molecular weight is 335 g/mol. The molecule has 0 radical (unpaired) electrons. The largest absolute Gasteiger partial charge is 0.416 e. The molecule has 0 aromatic heterocycles. The standard InChI is InChI=1S/C18H13F4NO/c19-16-8-2-5-14(11-16)12-17(24)23-9-3-6-13-4-1-7-15(10-13)18(20,21)22/h1-2,4-5,7-8,10-11H,9,12H2,(H,23,24). The van der Waals surface area contributed by atoms with Crippen molar-refractivity contribution in [3.05, 3.63) is 71.0 Å². The smallest absolute Gasteiger partial charge is 0.345 e. The van der Waals surface area contributed by atoms with Crippen LogP contribution < -0.4 is 5.32 Å². The molecular weight excluding hydrogens is 322 g/mol. The van der Waals surface area contributed by atoms with Crippen molar-refractivity contribution in [1.29, 1.82) is 0 Å². The van der Waals surface area contributed by atoms with Gasteiger partial charge in [-0.1, -0.05) is 30.0 Å². The van der Waals surface area contributed by atoms with E-state index in [1.807, 2.05) is 0 Å². The number of benzene rings is 2. The molecular formula is C18H13F4NO. The lowest BCUT2D eigenvalue weighted by Gasteiger charge is -2.05. The normalized spacial score (nSPS) is 10.7. The van der Waals surface area contributed by atoms with E-state index in [9.17, 15) is 22.4 Å². The van der Waals surface area contributed by atoms with Crippen LogP contribution in [0.2, 0.25) is 0 Å². The predicted octanol–water partition coefficient (Wildman–Crippen LogP) is 3.55. The van der Waals surface area contributed by atoms with E-state index in [0.717, 1.165) is 12.1 Å². The van der Waals surface area contributed by atoms with E-state index in [1.165, 1.54) is 30.3 Å². The van der Waals surface area contributed by atoms with Gasteiger partial charge in [-0.2, -0.15) is 13.2 Å². The number of carbonyl (C=O) groups excluding carboxylic acids is 1. The van der Waals surface area contributed by atoms with E-state index in [0.29, 0.717) is 5.56 Å². The van der Waals surface area contributed by atoms with Crippen molar-refractivity contribution >= 4 is 5.91 Å². The van der Waals surface area contributed by atoms with Gasteiger partial charge in [0.2, 0.25) is 5.91 Å². The summed E-state index contributed by atoms with van der Waals surface area (Å²) in [5.74, 6) is 4.37. The van der Waals surface area contributed by atoms with Crippen molar-refractivity contribution in [2.45, 2.75) is 12.6 Å². The van der Waals surface area contributed by atoms with Crippen molar-refractivity contribution in [3.8, 4) is 11.8 Å². The molecule has 1 N–H and O–H groups in total. The second-order valence-electron chi connectivity index (χ2n) is 4.96. The minimum absolute atomic E-state index is 0.00298. The maximum absolute atomic E-state index is 13.0. The van der Waals surface area contributed by atoms with Crippen LogP contribution in [0.1, 0.15) is 16.7 Å². The lowest BCUT2D eigenvalue weighted by atomic mass is 10.1. The van der Waals surface area contributed by atoms with Gasteiger partial charge in [-0.25, -0.2) is 4.39 Å². The van der Waals surface area contributed by atoms with Gasteiger partial charge < -0.3 is 5.32 Å². The first-order valence-electron chi connectivity index (χ1n) is 7.02. The Kier molecular flexibility index (Phi) is 5.59. The molecule has 1 amide bonds. The van der Waals surface area contributed by atoms with E-state index in [4.69, 9.17) is 0 Å². The molecule has 2 rings (SSSR count). The van der Waals surface area contributed by atoms with Crippen molar-refractivity contribution in [3.63, 3.8) is 0 Å². The van der Waals surface area contributed by atoms with Gasteiger partial charge in [0.05, 0.1) is 18.5 Å². The molecule has 6 heteroatoms. The quantitative estimate of drug-likeness (QED) is 0.674. The summed E-state index contributed by atoms with van der Waals surface area (Å²) in [5.41, 5.74) is -0.0352. The summed E-state index contributed by atoms with van der Waals surface area (Å²) >= 11 is 0. The number of rotatable bonds is 3. The lowest BCUT2D eigenvalue weighted by molar-refractivity contribution is -0.137. The molecule has 24 heavy (non-hydrogen) atoms. The first kappa shape index (κ1) is 17.5. The summed E-state index contributed by atoms with van der Waals surface area (Å²) in [6.45, 7) is -0.00953. The third kappa shape index (κ3) is 5.43. The molecule has 0 saturated carbocycles. The van der Waals surface area contributed by atoms with Gasteiger partial charge in [0.1, 0.15) is 5.82 Å². The molecule has 0 unspecified atom stereocenters. The third-order valence-electron chi connectivity index (χ3n) is 3.05. The zero-order valence-electron chi connectivity index (χ0n) is 12.5. The monoisotopic (exact) mass is 335 g/mol. The zero-order chi connectivity index (χ0) is 17.6. The molecule has 0 saturated heterocycles. The molecule has 2 aromatic rings. The topological polar surface area (TPSA) is 29.1 Å². The molecule has 0 spiro atoms. The molecule has 0 fully saturated rings. The Balaban J connectivity index is 1.89. The molecule has 0 heterocycles. The van der Waals surface area contributed by atoms with Crippen LogP contribution in [-0.4, -0.2) is 12.5 Å². The summed E-state index contributed by atoms with van der Waals surface area (Å²) in [6, 6.07) is 10.3. The van der Waals surface area contributed by atoms with Gasteiger partial charge in [-0.3, -0.25) is 4.79 Å². The number of carbonyl (C=O) groups is 1. The van der Waals surface area contributed by atoms with Crippen LogP contribution in [0.3, 0.4) is 0 Å². The van der Waals surface area contributed by atoms with Crippen molar-refractivity contribution in [2.24, 2.45) is 0 Å². The molecule has 0 atom stereocenters. The van der Waals surface area contributed by atoms with Crippen LogP contribution >= 0.6 is 0 Å². The second kappa shape index (κ2) is 7.64. The fourth-order valence-corrected chi connectivity index (χ4v) is 1.96. The molecule has 0 aliphatic carbocycles. The summed E-state index contributed by atoms with van der Waals surface area (Å²) in [4.78, 5) is 11.7. The first-order valence-corrected chi connectivity index (χ1v) is 7.02. The lowest BCUT2D eigenvalue weighted by Crippen LogP contribution is -2.25. The first-order chi connectivity index (χ1) is 11.3. The van der Waals surface area contributed by atoms with Crippen LogP contribution in [0, 0.1) is 17.7 Å². The van der Waals surface area contributed by atoms with Crippen LogP contribution in [0.5, 0.6) is 0 Å². The molecule has 0 aliphatic rings. The number of nitrogens with one attached hydrogen (secondary N) is 1. The fraction of sp³-hybridized carbons (Fsp3) is 0.167. The Morgan fingerprint density at radius 3 is 2.54 bits per heavy atom.